The Morgan fingerprint density at radius 3 is 2.67 bits per heavy atom. The van der Waals surface area contributed by atoms with Crippen molar-refractivity contribution in [2.75, 3.05) is 0 Å². The van der Waals surface area contributed by atoms with Crippen molar-refractivity contribution in [3.05, 3.63) is 11.8 Å². The van der Waals surface area contributed by atoms with Gasteiger partial charge < -0.3 is 14.9 Å². The summed E-state index contributed by atoms with van der Waals surface area (Å²) in [6.45, 7) is 4.54. The molecule has 24 heavy (non-hydrogen) atoms. The normalized spacial score (nSPS) is 52.9. The van der Waals surface area contributed by atoms with E-state index in [9.17, 15) is 15.0 Å². The van der Waals surface area contributed by atoms with Crippen LogP contribution in [0.15, 0.2) is 11.8 Å². The zero-order chi connectivity index (χ0) is 17.1. The van der Waals surface area contributed by atoms with Gasteiger partial charge in [-0.3, -0.25) is 0 Å². The van der Waals surface area contributed by atoms with Gasteiger partial charge in [0.1, 0.15) is 5.60 Å². The minimum Gasteiger partial charge on any atom is -0.515 e. The molecule has 3 aliphatic carbocycles. The topological polar surface area (TPSA) is 66.8 Å². The summed E-state index contributed by atoms with van der Waals surface area (Å²) in [5.41, 5.74) is 0.375. The minimum absolute atomic E-state index is 0.118. The molecule has 4 rings (SSSR count). The van der Waals surface area contributed by atoms with Gasteiger partial charge in [0, 0.05) is 5.92 Å². The van der Waals surface area contributed by atoms with E-state index < -0.39 is 0 Å². The molecule has 4 aliphatic rings. The second kappa shape index (κ2) is 5.48. The highest BCUT2D eigenvalue weighted by atomic mass is 16.6. The number of aliphatic hydroxyl groups is 2. The molecule has 0 unspecified atom stereocenters. The van der Waals surface area contributed by atoms with Gasteiger partial charge in [-0.2, -0.15) is 0 Å². The van der Waals surface area contributed by atoms with Crippen LogP contribution in [0.3, 0.4) is 0 Å². The van der Waals surface area contributed by atoms with Crippen molar-refractivity contribution in [1.29, 1.82) is 0 Å². The first-order valence-corrected chi connectivity index (χ1v) is 9.62. The summed E-state index contributed by atoms with van der Waals surface area (Å²) in [7, 11) is 0. The van der Waals surface area contributed by atoms with E-state index in [2.05, 4.69) is 13.8 Å². The second-order valence-corrected chi connectivity index (χ2v) is 9.18. The lowest BCUT2D eigenvalue weighted by molar-refractivity contribution is -0.196. The summed E-state index contributed by atoms with van der Waals surface area (Å²) in [6, 6.07) is 0. The van der Waals surface area contributed by atoms with Crippen molar-refractivity contribution in [2.45, 2.75) is 76.9 Å². The van der Waals surface area contributed by atoms with Crippen molar-refractivity contribution < 1.29 is 19.7 Å². The number of rotatable bonds is 0. The molecule has 3 saturated carbocycles. The standard InChI is InChI=1S/C20H30O4/c1-19-7-5-14(22)10-13(19)3-4-15-16(19)6-8-20(2)17(15)9-12(11-21)18(23)24-20/h11,13-17,21-22H,3-10H2,1-2H3/t13-,14-,15+,16-,17-,19-,20-/m0/s1. The summed E-state index contributed by atoms with van der Waals surface area (Å²) >= 11 is 0. The molecule has 1 saturated heterocycles. The average molecular weight is 334 g/mol. The Kier molecular flexibility index (Phi) is 3.76. The van der Waals surface area contributed by atoms with Gasteiger partial charge >= 0.3 is 5.97 Å². The Hall–Kier alpha value is -1.03. The van der Waals surface area contributed by atoms with Gasteiger partial charge in [-0.15, -0.1) is 0 Å². The highest BCUT2D eigenvalue weighted by Gasteiger charge is 2.59. The first-order chi connectivity index (χ1) is 11.4. The largest absolute Gasteiger partial charge is 0.515 e. The van der Waals surface area contributed by atoms with Crippen molar-refractivity contribution in [2.24, 2.45) is 29.1 Å². The van der Waals surface area contributed by atoms with Gasteiger partial charge in [0.05, 0.1) is 17.9 Å². The molecule has 0 aromatic rings. The summed E-state index contributed by atoms with van der Waals surface area (Å²) in [6.07, 6.45) is 8.86. The van der Waals surface area contributed by atoms with Crippen LogP contribution >= 0.6 is 0 Å². The van der Waals surface area contributed by atoms with E-state index in [0.29, 0.717) is 41.1 Å². The van der Waals surface area contributed by atoms with Crippen LogP contribution in [0.25, 0.3) is 0 Å². The maximum absolute atomic E-state index is 12.1. The molecule has 4 fully saturated rings. The number of fused-ring (bicyclic) bond motifs is 5. The van der Waals surface area contributed by atoms with E-state index in [1.54, 1.807) is 0 Å². The van der Waals surface area contributed by atoms with Gasteiger partial charge in [0.15, 0.2) is 0 Å². The zero-order valence-corrected chi connectivity index (χ0v) is 14.8. The summed E-state index contributed by atoms with van der Waals surface area (Å²) in [5.74, 6) is 1.82. The monoisotopic (exact) mass is 334 g/mol. The number of hydrogen-bond donors (Lipinski definition) is 2. The van der Waals surface area contributed by atoms with E-state index in [1.165, 1.54) is 6.42 Å². The van der Waals surface area contributed by atoms with Crippen LogP contribution in [0.1, 0.15) is 65.2 Å². The lowest BCUT2D eigenvalue weighted by Gasteiger charge is -2.61. The Morgan fingerprint density at radius 1 is 1.12 bits per heavy atom. The van der Waals surface area contributed by atoms with Crippen LogP contribution in [0.5, 0.6) is 0 Å². The van der Waals surface area contributed by atoms with Crippen molar-refractivity contribution in [3.63, 3.8) is 0 Å². The summed E-state index contributed by atoms with van der Waals surface area (Å²) < 4.78 is 5.81. The van der Waals surface area contributed by atoms with Gasteiger partial charge in [-0.05, 0) is 81.5 Å². The lowest BCUT2D eigenvalue weighted by Crippen LogP contribution is -2.58. The van der Waals surface area contributed by atoms with Crippen molar-refractivity contribution in [3.8, 4) is 0 Å². The first-order valence-electron chi connectivity index (χ1n) is 9.62. The molecule has 4 heteroatoms. The fourth-order valence-electron chi connectivity index (χ4n) is 6.72. The van der Waals surface area contributed by atoms with Crippen LogP contribution in [-0.2, 0) is 9.53 Å². The molecule has 2 N–H and O–H groups in total. The average Bonchev–Trinajstić information content (AvgIpc) is 2.54. The van der Waals surface area contributed by atoms with E-state index in [1.807, 2.05) is 0 Å². The third-order valence-electron chi connectivity index (χ3n) is 8.15. The Morgan fingerprint density at radius 2 is 1.92 bits per heavy atom. The third-order valence-corrected chi connectivity index (χ3v) is 8.15. The molecule has 1 heterocycles. The third kappa shape index (κ3) is 2.25. The quantitative estimate of drug-likeness (QED) is 0.402. The highest BCUT2D eigenvalue weighted by molar-refractivity contribution is 5.89. The fourth-order valence-corrected chi connectivity index (χ4v) is 6.72. The lowest BCUT2D eigenvalue weighted by atomic mass is 9.45. The number of aliphatic hydroxyl groups excluding tert-OH is 2. The molecule has 134 valence electrons. The molecule has 4 nitrogen and oxygen atoms in total. The van der Waals surface area contributed by atoms with E-state index in [0.717, 1.165) is 44.8 Å². The Labute approximate surface area is 144 Å². The molecule has 0 radical (unpaired) electrons. The van der Waals surface area contributed by atoms with Gasteiger partial charge in [0.25, 0.3) is 0 Å². The highest BCUT2D eigenvalue weighted by Crippen LogP contribution is 2.63. The van der Waals surface area contributed by atoms with E-state index in [4.69, 9.17) is 4.74 Å². The van der Waals surface area contributed by atoms with Crippen molar-refractivity contribution >= 4 is 5.97 Å². The smallest absolute Gasteiger partial charge is 0.337 e. The van der Waals surface area contributed by atoms with Crippen LogP contribution in [0.4, 0.5) is 0 Å². The summed E-state index contributed by atoms with van der Waals surface area (Å²) in [4.78, 5) is 12.1. The predicted molar refractivity (Wildman–Crippen MR) is 90.2 cm³/mol. The maximum Gasteiger partial charge on any atom is 0.337 e. The fraction of sp³-hybridized carbons (Fsp3) is 0.850. The molecule has 0 amide bonds. The van der Waals surface area contributed by atoms with Crippen LogP contribution < -0.4 is 0 Å². The minimum atomic E-state index is -0.373. The molecule has 0 aromatic heterocycles. The molecule has 0 spiro atoms. The van der Waals surface area contributed by atoms with Gasteiger partial charge in [-0.1, -0.05) is 6.92 Å². The van der Waals surface area contributed by atoms with Crippen LogP contribution in [0.2, 0.25) is 0 Å². The van der Waals surface area contributed by atoms with Gasteiger partial charge in [0.2, 0.25) is 0 Å². The summed E-state index contributed by atoms with van der Waals surface area (Å²) in [5, 5.41) is 19.5. The second-order valence-electron chi connectivity index (χ2n) is 9.18. The van der Waals surface area contributed by atoms with Crippen LogP contribution in [-0.4, -0.2) is 27.9 Å². The van der Waals surface area contributed by atoms with E-state index >= 15 is 0 Å². The van der Waals surface area contributed by atoms with Crippen molar-refractivity contribution in [1.82, 2.24) is 0 Å². The molecule has 0 bridgehead atoms. The molecule has 7 atom stereocenters. The number of carbonyl (C=O) groups is 1. The number of carbonyl (C=O) groups excluding carboxylic acids is 1. The Bertz CT molecular complexity index is 570. The maximum atomic E-state index is 12.1. The zero-order valence-electron chi connectivity index (χ0n) is 14.8. The number of hydrogen-bond acceptors (Lipinski definition) is 4. The number of esters is 1. The van der Waals surface area contributed by atoms with Crippen LogP contribution in [0, 0.1) is 29.1 Å². The van der Waals surface area contributed by atoms with E-state index in [-0.39, 0.29) is 17.7 Å². The predicted octanol–water partition coefficient (Wildman–Crippen LogP) is 3.74. The molecule has 1 aliphatic heterocycles. The molecular formula is C20H30O4. The SMILES string of the molecule is C[C@]12CC[C@H](O)C[C@@H]1CC[C@@H]1[C@@H]2CC[C@]2(C)OC(=O)C(=CO)C[C@@H]12. The molecular weight excluding hydrogens is 304 g/mol. The molecule has 0 aromatic carbocycles. The number of ether oxygens (including phenoxy) is 1. The van der Waals surface area contributed by atoms with Gasteiger partial charge in [-0.25, -0.2) is 4.79 Å². The Balaban J connectivity index is 1.64. The first kappa shape index (κ1) is 16.4.